The topological polar surface area (TPSA) is 69.6 Å². The number of hydrogen-bond donors (Lipinski definition) is 2. The summed E-state index contributed by atoms with van der Waals surface area (Å²) in [5, 5.41) is 12.6. The van der Waals surface area contributed by atoms with E-state index < -0.39 is 11.4 Å². The van der Waals surface area contributed by atoms with Gasteiger partial charge < -0.3 is 15.3 Å². The molecule has 2 N–H and O–H groups in total. The number of rotatable bonds is 6. The first kappa shape index (κ1) is 17.4. The molecule has 0 spiro atoms. The molecule has 1 aliphatic carbocycles. The fourth-order valence-electron chi connectivity index (χ4n) is 4.00. The molecule has 2 fully saturated rings. The van der Waals surface area contributed by atoms with Gasteiger partial charge in [-0.05, 0) is 37.9 Å². The molecule has 22 heavy (non-hydrogen) atoms. The maximum atomic E-state index is 12.4. The first-order valence-corrected chi connectivity index (χ1v) is 9.47. The molecule has 6 heteroatoms. The van der Waals surface area contributed by atoms with E-state index in [0.717, 1.165) is 25.7 Å². The first-order chi connectivity index (χ1) is 10.4. The lowest BCUT2D eigenvalue weighted by atomic mass is 9.81. The average molecular weight is 328 g/mol. The van der Waals surface area contributed by atoms with Gasteiger partial charge in [0.05, 0.1) is 5.41 Å². The van der Waals surface area contributed by atoms with Crippen LogP contribution in [0, 0.1) is 11.3 Å². The van der Waals surface area contributed by atoms with E-state index >= 15 is 0 Å². The van der Waals surface area contributed by atoms with Gasteiger partial charge >= 0.3 is 12.0 Å². The Kier molecular flexibility index (Phi) is 5.30. The number of urea groups is 1. The average Bonchev–Trinajstić information content (AvgIpc) is 3.07. The highest BCUT2D eigenvalue weighted by Gasteiger charge is 2.55. The monoisotopic (exact) mass is 328 g/mol. The lowest BCUT2D eigenvalue weighted by Crippen LogP contribution is -2.46. The Bertz CT molecular complexity index is 431. The van der Waals surface area contributed by atoms with Crippen LogP contribution in [0.5, 0.6) is 0 Å². The number of carboxylic acid groups (broad SMARTS) is 1. The van der Waals surface area contributed by atoms with E-state index in [1.807, 2.05) is 0 Å². The third kappa shape index (κ3) is 2.94. The number of carbonyl (C=O) groups is 2. The molecular weight excluding hydrogens is 300 g/mol. The van der Waals surface area contributed by atoms with Gasteiger partial charge in [-0.1, -0.05) is 20.3 Å². The molecule has 1 saturated heterocycles. The van der Waals surface area contributed by atoms with Crippen molar-refractivity contribution in [2.75, 3.05) is 25.9 Å². The van der Waals surface area contributed by atoms with Crippen molar-refractivity contribution in [3.05, 3.63) is 0 Å². The van der Waals surface area contributed by atoms with E-state index in [0.29, 0.717) is 26.1 Å². The second-order valence-electron chi connectivity index (χ2n) is 6.68. The van der Waals surface area contributed by atoms with E-state index in [1.165, 1.54) is 0 Å². The molecule has 0 aromatic rings. The van der Waals surface area contributed by atoms with E-state index in [9.17, 15) is 14.7 Å². The van der Waals surface area contributed by atoms with Crippen molar-refractivity contribution >= 4 is 23.8 Å². The molecule has 2 amide bonds. The number of hydrogen-bond acceptors (Lipinski definition) is 3. The highest BCUT2D eigenvalue weighted by molar-refractivity contribution is 8.00. The number of likely N-dealkylation sites (tertiary alicyclic amines) is 1. The van der Waals surface area contributed by atoms with Crippen LogP contribution in [-0.2, 0) is 4.79 Å². The van der Waals surface area contributed by atoms with E-state index in [-0.39, 0.29) is 16.7 Å². The second kappa shape index (κ2) is 6.69. The van der Waals surface area contributed by atoms with Crippen LogP contribution >= 0.6 is 11.8 Å². The van der Waals surface area contributed by atoms with Crippen molar-refractivity contribution in [1.29, 1.82) is 0 Å². The Morgan fingerprint density at radius 2 is 2.09 bits per heavy atom. The minimum atomic E-state index is -0.731. The zero-order valence-corrected chi connectivity index (χ0v) is 14.7. The molecule has 5 nitrogen and oxygen atoms in total. The summed E-state index contributed by atoms with van der Waals surface area (Å²) in [5.74, 6) is -0.607. The Hall–Kier alpha value is -0.910. The van der Waals surface area contributed by atoms with Gasteiger partial charge in [0, 0.05) is 24.4 Å². The van der Waals surface area contributed by atoms with Gasteiger partial charge in [-0.3, -0.25) is 4.79 Å². The van der Waals surface area contributed by atoms with Gasteiger partial charge in [0.1, 0.15) is 0 Å². The molecule has 0 aromatic carbocycles. The smallest absolute Gasteiger partial charge is 0.317 e. The van der Waals surface area contributed by atoms with E-state index in [1.54, 1.807) is 16.7 Å². The largest absolute Gasteiger partial charge is 0.481 e. The van der Waals surface area contributed by atoms with Gasteiger partial charge in [-0.25, -0.2) is 4.79 Å². The minimum absolute atomic E-state index is 0.0791. The van der Waals surface area contributed by atoms with Crippen molar-refractivity contribution in [1.82, 2.24) is 10.2 Å². The van der Waals surface area contributed by atoms with Crippen molar-refractivity contribution in [3.63, 3.8) is 0 Å². The molecule has 1 aliphatic heterocycles. The summed E-state index contributed by atoms with van der Waals surface area (Å²) in [5.41, 5.74) is -0.691. The van der Waals surface area contributed by atoms with Gasteiger partial charge in [-0.15, -0.1) is 0 Å². The summed E-state index contributed by atoms with van der Waals surface area (Å²) in [6.45, 7) is 5.88. The molecule has 0 bridgehead atoms. The van der Waals surface area contributed by atoms with Crippen molar-refractivity contribution in [3.8, 4) is 0 Å². The zero-order chi connectivity index (χ0) is 16.4. The SMILES string of the molecule is CCC(CC)(CNC(=O)N1C[C@@H]2CCC[C@@]2(C(=O)O)C1)SC. The second-order valence-corrected chi connectivity index (χ2v) is 7.96. The van der Waals surface area contributed by atoms with Crippen molar-refractivity contribution < 1.29 is 14.7 Å². The normalized spacial score (nSPS) is 27.8. The number of carbonyl (C=O) groups excluding carboxylic acids is 1. The number of thioether (sulfide) groups is 1. The van der Waals surface area contributed by atoms with Crippen LogP contribution in [0.25, 0.3) is 0 Å². The first-order valence-electron chi connectivity index (χ1n) is 8.24. The quantitative estimate of drug-likeness (QED) is 0.786. The maximum Gasteiger partial charge on any atom is 0.317 e. The Balaban J connectivity index is 1.96. The standard InChI is InChI=1S/C16H28N2O3S/c1-4-15(5-2,22-3)10-17-14(21)18-9-12-7-6-8-16(12,11-18)13(19)20/h12H,4-11H2,1-3H3,(H,17,21)(H,19,20)/t12-,16+/m0/s1. The molecule has 126 valence electrons. The van der Waals surface area contributed by atoms with E-state index in [4.69, 9.17) is 0 Å². The summed E-state index contributed by atoms with van der Waals surface area (Å²) in [4.78, 5) is 25.8. The number of nitrogens with one attached hydrogen (secondary N) is 1. The minimum Gasteiger partial charge on any atom is -0.481 e. The molecule has 2 rings (SSSR count). The third-order valence-corrected chi connectivity index (χ3v) is 7.46. The lowest BCUT2D eigenvalue weighted by Gasteiger charge is -2.31. The van der Waals surface area contributed by atoms with Crippen molar-refractivity contribution in [2.45, 2.75) is 50.7 Å². The summed E-state index contributed by atoms with van der Waals surface area (Å²) >= 11 is 1.80. The number of nitrogens with zero attached hydrogens (tertiary/aromatic N) is 1. The van der Waals surface area contributed by atoms with Crippen LogP contribution in [0.1, 0.15) is 46.0 Å². The van der Waals surface area contributed by atoms with Crippen LogP contribution in [-0.4, -0.2) is 52.6 Å². The number of aliphatic carboxylic acids is 1. The summed E-state index contributed by atoms with van der Waals surface area (Å²) in [6, 6.07) is -0.102. The third-order valence-electron chi connectivity index (χ3n) is 5.87. The molecular formula is C16H28N2O3S. The van der Waals surface area contributed by atoms with Crippen LogP contribution in [0.4, 0.5) is 4.79 Å². The molecule has 1 saturated carbocycles. The van der Waals surface area contributed by atoms with E-state index in [2.05, 4.69) is 25.4 Å². The summed E-state index contributed by atoms with van der Waals surface area (Å²) in [7, 11) is 0. The summed E-state index contributed by atoms with van der Waals surface area (Å²) in [6.07, 6.45) is 6.69. The Labute approximate surface area is 137 Å². The van der Waals surface area contributed by atoms with Gasteiger partial charge in [-0.2, -0.15) is 11.8 Å². The van der Waals surface area contributed by atoms with Crippen LogP contribution < -0.4 is 5.32 Å². The maximum absolute atomic E-state index is 12.4. The molecule has 2 atom stereocenters. The fourth-order valence-corrected chi connectivity index (χ4v) is 4.80. The number of fused-ring (bicyclic) bond motifs is 1. The van der Waals surface area contributed by atoms with Crippen molar-refractivity contribution in [2.24, 2.45) is 11.3 Å². The van der Waals surface area contributed by atoms with Crippen LogP contribution in [0.15, 0.2) is 0 Å². The number of amides is 2. The lowest BCUT2D eigenvalue weighted by molar-refractivity contribution is -0.149. The zero-order valence-electron chi connectivity index (χ0n) is 13.9. The number of carboxylic acids is 1. The molecule has 0 radical (unpaired) electrons. The highest BCUT2D eigenvalue weighted by atomic mass is 32.2. The Morgan fingerprint density at radius 3 is 2.59 bits per heavy atom. The van der Waals surface area contributed by atoms with Gasteiger partial charge in [0.25, 0.3) is 0 Å². The molecule has 2 aliphatic rings. The highest BCUT2D eigenvalue weighted by Crippen LogP contribution is 2.48. The predicted molar refractivity (Wildman–Crippen MR) is 89.2 cm³/mol. The van der Waals surface area contributed by atoms with Gasteiger partial charge in [0.2, 0.25) is 0 Å². The molecule has 0 aromatic heterocycles. The Morgan fingerprint density at radius 1 is 1.41 bits per heavy atom. The molecule has 1 heterocycles. The van der Waals surface area contributed by atoms with Crippen LogP contribution in [0.2, 0.25) is 0 Å². The van der Waals surface area contributed by atoms with Crippen LogP contribution in [0.3, 0.4) is 0 Å². The fraction of sp³-hybridized carbons (Fsp3) is 0.875. The predicted octanol–water partition coefficient (Wildman–Crippen LogP) is 2.80. The van der Waals surface area contributed by atoms with Gasteiger partial charge in [0.15, 0.2) is 0 Å². The summed E-state index contributed by atoms with van der Waals surface area (Å²) < 4.78 is 0.0791. The molecule has 0 unspecified atom stereocenters.